The standard InChI is InChI=1S/C56H32N4S/c1-2-16-36(17-3-1)59-46-24-12-10-21-40(46)44-31-35(26-28-47(44)59)53-55(57-54-43-23-11-13-25-50(43)61-56(54)58-53)60-48-29-27-42-39-20-7-6-18-37(39)38-19-8-9-22-41(38)51(42)52(48)45-30-33-14-4-5-15-34(33)32-49(45)60/h1-32H. The minimum atomic E-state index is 0.821. The van der Waals surface area contributed by atoms with E-state index in [-0.39, 0.29) is 0 Å². The highest BCUT2D eigenvalue weighted by atomic mass is 32.1. The molecule has 4 nitrogen and oxygen atoms in total. The second kappa shape index (κ2) is 12.3. The molecule has 0 amide bonds. The van der Waals surface area contributed by atoms with Gasteiger partial charge in [-0.1, -0.05) is 140 Å². The van der Waals surface area contributed by atoms with Crippen molar-refractivity contribution in [1.29, 1.82) is 0 Å². The molecule has 0 saturated carbocycles. The van der Waals surface area contributed by atoms with Crippen molar-refractivity contribution in [1.82, 2.24) is 19.1 Å². The van der Waals surface area contributed by atoms with Gasteiger partial charge in [0.25, 0.3) is 0 Å². The number of hydrogen-bond acceptors (Lipinski definition) is 3. The number of para-hydroxylation sites is 2. The van der Waals surface area contributed by atoms with E-state index < -0.39 is 0 Å². The summed E-state index contributed by atoms with van der Waals surface area (Å²) in [6.45, 7) is 0. The van der Waals surface area contributed by atoms with Crippen LogP contribution in [0.25, 0.3) is 130 Å². The van der Waals surface area contributed by atoms with Gasteiger partial charge in [-0.05, 0) is 92.3 Å². The van der Waals surface area contributed by atoms with Gasteiger partial charge in [0.1, 0.15) is 16.0 Å². The van der Waals surface area contributed by atoms with Gasteiger partial charge in [-0.25, -0.2) is 9.97 Å². The predicted molar refractivity (Wildman–Crippen MR) is 259 cm³/mol. The zero-order valence-corrected chi connectivity index (χ0v) is 33.5. The molecule has 61 heavy (non-hydrogen) atoms. The second-order valence-electron chi connectivity index (χ2n) is 16.1. The van der Waals surface area contributed by atoms with Crippen molar-refractivity contribution in [3.8, 4) is 22.8 Å². The predicted octanol–water partition coefficient (Wildman–Crippen LogP) is 15.3. The van der Waals surface area contributed by atoms with Gasteiger partial charge in [0.15, 0.2) is 5.82 Å². The molecule has 0 N–H and O–H groups in total. The van der Waals surface area contributed by atoms with Gasteiger partial charge < -0.3 is 4.57 Å². The zero-order valence-electron chi connectivity index (χ0n) is 32.7. The number of benzene rings is 10. The normalized spacial score (nSPS) is 12.3. The number of rotatable bonds is 3. The van der Waals surface area contributed by atoms with Crippen molar-refractivity contribution in [2.24, 2.45) is 0 Å². The molecule has 14 rings (SSSR count). The number of hydrogen-bond donors (Lipinski definition) is 0. The van der Waals surface area contributed by atoms with Gasteiger partial charge in [0.05, 0.1) is 22.1 Å². The highest BCUT2D eigenvalue weighted by molar-refractivity contribution is 7.25. The summed E-state index contributed by atoms with van der Waals surface area (Å²) in [5, 5.41) is 15.9. The van der Waals surface area contributed by atoms with Gasteiger partial charge in [-0.3, -0.25) is 4.57 Å². The molecule has 0 spiro atoms. The SMILES string of the molecule is c1ccc(-n2c3ccccc3c3cc(-c4nc5sc6ccccc6c5nc4-n4c5cc6ccccc6cc5c5c6c7ccccc7c7ccccc7c6ccc54)ccc32)cc1. The molecule has 0 fully saturated rings. The van der Waals surface area contributed by atoms with E-state index in [0.717, 1.165) is 55.0 Å². The molecule has 0 saturated heterocycles. The van der Waals surface area contributed by atoms with Gasteiger partial charge in [0.2, 0.25) is 0 Å². The lowest BCUT2D eigenvalue weighted by Gasteiger charge is -2.14. The fourth-order valence-corrected chi connectivity index (χ4v) is 11.3. The smallest absolute Gasteiger partial charge is 0.165 e. The quantitative estimate of drug-likeness (QED) is 0.167. The van der Waals surface area contributed by atoms with Gasteiger partial charge >= 0.3 is 0 Å². The van der Waals surface area contributed by atoms with Crippen LogP contribution in [0.3, 0.4) is 0 Å². The Morgan fingerprint density at radius 1 is 0.361 bits per heavy atom. The van der Waals surface area contributed by atoms with Crippen molar-refractivity contribution in [2.45, 2.75) is 0 Å². The molecule has 0 radical (unpaired) electrons. The summed E-state index contributed by atoms with van der Waals surface area (Å²) in [6.07, 6.45) is 0. The van der Waals surface area contributed by atoms with Crippen LogP contribution in [0.5, 0.6) is 0 Å². The van der Waals surface area contributed by atoms with Crippen LogP contribution in [0.15, 0.2) is 194 Å². The number of aromatic nitrogens is 4. The summed E-state index contributed by atoms with van der Waals surface area (Å²) in [6, 6.07) is 70.6. The average Bonchev–Trinajstić information content (AvgIpc) is 3.97. The summed E-state index contributed by atoms with van der Waals surface area (Å²) in [4.78, 5) is 12.3. The maximum Gasteiger partial charge on any atom is 0.165 e. The Bertz CT molecular complexity index is 4140. The van der Waals surface area contributed by atoms with Crippen LogP contribution in [0.1, 0.15) is 0 Å². The minimum Gasteiger partial charge on any atom is -0.309 e. The molecule has 4 aromatic heterocycles. The lowest BCUT2D eigenvalue weighted by Crippen LogP contribution is -2.03. The number of fused-ring (bicyclic) bond motifs is 17. The summed E-state index contributed by atoms with van der Waals surface area (Å²) in [5.74, 6) is 0.821. The van der Waals surface area contributed by atoms with E-state index in [1.807, 2.05) is 0 Å². The Labute approximate surface area is 352 Å². The van der Waals surface area contributed by atoms with E-state index in [1.165, 1.54) is 74.9 Å². The molecule has 0 aliphatic rings. The Kier molecular flexibility index (Phi) is 6.68. The summed E-state index contributed by atoms with van der Waals surface area (Å²) in [7, 11) is 0. The summed E-state index contributed by atoms with van der Waals surface area (Å²) in [5.41, 5.74) is 8.48. The molecular formula is C56H32N4S. The highest BCUT2D eigenvalue weighted by Crippen LogP contribution is 2.46. The maximum atomic E-state index is 5.76. The first kappa shape index (κ1) is 33.0. The van der Waals surface area contributed by atoms with Crippen molar-refractivity contribution in [3.05, 3.63) is 194 Å². The van der Waals surface area contributed by atoms with Crippen molar-refractivity contribution >= 4 is 118 Å². The third-order valence-corrected chi connectivity index (χ3v) is 13.9. The van der Waals surface area contributed by atoms with Gasteiger partial charge in [-0.2, -0.15) is 0 Å². The first-order valence-corrected chi connectivity index (χ1v) is 21.6. The monoisotopic (exact) mass is 792 g/mol. The minimum absolute atomic E-state index is 0.821. The van der Waals surface area contributed by atoms with Gasteiger partial charge in [0, 0.05) is 48.3 Å². The molecule has 0 aliphatic carbocycles. The number of thiophene rings is 1. The molecule has 10 aromatic carbocycles. The molecule has 0 aliphatic heterocycles. The highest BCUT2D eigenvalue weighted by Gasteiger charge is 2.25. The van der Waals surface area contributed by atoms with Crippen molar-refractivity contribution in [3.63, 3.8) is 0 Å². The molecule has 4 heterocycles. The first-order valence-electron chi connectivity index (χ1n) is 20.7. The molecular weight excluding hydrogens is 761 g/mol. The maximum absolute atomic E-state index is 5.76. The van der Waals surface area contributed by atoms with Crippen LogP contribution in [-0.2, 0) is 0 Å². The lowest BCUT2D eigenvalue weighted by atomic mass is 9.91. The van der Waals surface area contributed by atoms with E-state index >= 15 is 0 Å². The Morgan fingerprint density at radius 3 is 1.77 bits per heavy atom. The van der Waals surface area contributed by atoms with E-state index in [0.29, 0.717) is 0 Å². The molecule has 0 atom stereocenters. The summed E-state index contributed by atoms with van der Waals surface area (Å²) >= 11 is 1.71. The number of nitrogens with zero attached hydrogens (tertiary/aromatic N) is 4. The van der Waals surface area contributed by atoms with Crippen LogP contribution in [0.4, 0.5) is 0 Å². The second-order valence-corrected chi connectivity index (χ2v) is 17.1. The molecule has 0 unspecified atom stereocenters. The van der Waals surface area contributed by atoms with Crippen LogP contribution in [0.2, 0.25) is 0 Å². The fourth-order valence-electron chi connectivity index (χ4n) is 10.3. The zero-order chi connectivity index (χ0) is 39.8. The molecule has 5 heteroatoms. The Morgan fingerprint density at radius 2 is 0.967 bits per heavy atom. The van der Waals surface area contributed by atoms with Gasteiger partial charge in [-0.15, -0.1) is 11.3 Å². The van der Waals surface area contributed by atoms with Crippen LogP contribution in [0, 0.1) is 0 Å². The lowest BCUT2D eigenvalue weighted by molar-refractivity contribution is 1.09. The van der Waals surface area contributed by atoms with Crippen LogP contribution < -0.4 is 0 Å². The van der Waals surface area contributed by atoms with Crippen LogP contribution >= 0.6 is 11.3 Å². The Hall–Kier alpha value is -7.86. The third-order valence-electron chi connectivity index (χ3n) is 12.9. The van der Waals surface area contributed by atoms with E-state index in [9.17, 15) is 0 Å². The van der Waals surface area contributed by atoms with Crippen molar-refractivity contribution < 1.29 is 0 Å². The average molecular weight is 793 g/mol. The van der Waals surface area contributed by atoms with E-state index in [2.05, 4.69) is 203 Å². The van der Waals surface area contributed by atoms with E-state index in [4.69, 9.17) is 9.97 Å². The van der Waals surface area contributed by atoms with E-state index in [1.54, 1.807) is 11.3 Å². The largest absolute Gasteiger partial charge is 0.309 e. The molecule has 282 valence electrons. The first-order chi connectivity index (χ1) is 30.3. The fraction of sp³-hybridized carbons (Fsp3) is 0. The Balaban J connectivity index is 1.16. The summed E-state index contributed by atoms with van der Waals surface area (Å²) < 4.78 is 5.96. The molecule has 0 bridgehead atoms. The van der Waals surface area contributed by atoms with Crippen molar-refractivity contribution in [2.75, 3.05) is 0 Å². The topological polar surface area (TPSA) is 35.6 Å². The van der Waals surface area contributed by atoms with Crippen LogP contribution in [-0.4, -0.2) is 19.1 Å². The third kappa shape index (κ3) is 4.58. The molecule has 14 aromatic rings.